The van der Waals surface area contributed by atoms with Crippen molar-refractivity contribution in [1.82, 2.24) is 25.3 Å². The minimum atomic E-state index is 0. The van der Waals surface area contributed by atoms with Crippen LogP contribution in [0.2, 0.25) is 0 Å². The van der Waals surface area contributed by atoms with E-state index in [1.165, 1.54) is 11.1 Å². The molecule has 2 N–H and O–H groups in total. The minimum absolute atomic E-state index is 0. The van der Waals surface area contributed by atoms with Gasteiger partial charge < -0.3 is 15.5 Å². The second-order valence-corrected chi connectivity index (χ2v) is 8.30. The number of hydrogen-bond donors (Lipinski definition) is 2. The molecule has 0 spiro atoms. The number of hydrogen-bond acceptors (Lipinski definition) is 3. The summed E-state index contributed by atoms with van der Waals surface area (Å²) in [4.78, 5) is 18.1. The van der Waals surface area contributed by atoms with Crippen molar-refractivity contribution in [2.45, 2.75) is 33.4 Å². The number of benzene rings is 2. The van der Waals surface area contributed by atoms with Gasteiger partial charge in [0.05, 0.1) is 12.2 Å². The van der Waals surface area contributed by atoms with Crippen molar-refractivity contribution in [2.24, 2.45) is 4.99 Å². The molecule has 8 heteroatoms. The number of aryl methyl sites for hydroxylation is 1. The number of carbonyl (C=O) groups is 1. The summed E-state index contributed by atoms with van der Waals surface area (Å²) in [5, 5.41) is 11.5. The fourth-order valence-electron chi connectivity index (χ4n) is 3.74. The molecule has 0 unspecified atom stereocenters. The predicted molar refractivity (Wildman–Crippen MR) is 149 cm³/mol. The molecule has 0 fully saturated rings. The van der Waals surface area contributed by atoms with Gasteiger partial charge in [-0.1, -0.05) is 42.5 Å². The van der Waals surface area contributed by atoms with E-state index in [0.29, 0.717) is 18.7 Å². The maximum absolute atomic E-state index is 12.2. The monoisotopic (exact) mass is 574 g/mol. The third-order valence-electron chi connectivity index (χ3n) is 5.65. The number of nitrogens with zero attached hydrogens (tertiary/aromatic N) is 4. The minimum Gasteiger partial charge on any atom is -0.356 e. The molecule has 0 aliphatic rings. The summed E-state index contributed by atoms with van der Waals surface area (Å²) in [5.74, 6) is 0.756. The van der Waals surface area contributed by atoms with Crippen LogP contribution < -0.4 is 10.6 Å². The van der Waals surface area contributed by atoms with Crippen molar-refractivity contribution in [3.05, 3.63) is 88.2 Å². The Morgan fingerprint density at radius 1 is 1.03 bits per heavy atom. The quantitative estimate of drug-likeness (QED) is 0.244. The molecule has 0 saturated carbocycles. The van der Waals surface area contributed by atoms with E-state index in [9.17, 15) is 4.79 Å². The van der Waals surface area contributed by atoms with Gasteiger partial charge in [0.1, 0.15) is 0 Å². The summed E-state index contributed by atoms with van der Waals surface area (Å²) in [7, 11) is 5.30. The zero-order chi connectivity index (χ0) is 23.8. The molecule has 0 aliphatic carbocycles. The number of rotatable bonds is 8. The van der Waals surface area contributed by atoms with Gasteiger partial charge in [-0.2, -0.15) is 5.10 Å². The van der Waals surface area contributed by atoms with Crippen LogP contribution in [0.5, 0.6) is 0 Å². The van der Waals surface area contributed by atoms with Gasteiger partial charge >= 0.3 is 0 Å². The van der Waals surface area contributed by atoms with Crippen LogP contribution in [0.25, 0.3) is 0 Å². The van der Waals surface area contributed by atoms with Crippen molar-refractivity contribution >= 4 is 35.8 Å². The molecular weight excluding hydrogens is 539 g/mol. The topological polar surface area (TPSA) is 74.6 Å². The molecule has 0 aliphatic heterocycles. The number of carbonyl (C=O) groups excluding carboxylic acids is 1. The summed E-state index contributed by atoms with van der Waals surface area (Å²) in [6.45, 7) is 6.28. The van der Waals surface area contributed by atoms with Gasteiger partial charge in [0, 0.05) is 51.1 Å². The Kier molecular flexibility index (Phi) is 10.6. The van der Waals surface area contributed by atoms with Crippen LogP contribution in [-0.4, -0.2) is 54.2 Å². The zero-order valence-corrected chi connectivity index (χ0v) is 23.0. The summed E-state index contributed by atoms with van der Waals surface area (Å²) in [5.41, 5.74) is 6.41. The maximum atomic E-state index is 12.2. The molecule has 1 aromatic heterocycles. The molecule has 3 rings (SSSR count). The Hall–Kier alpha value is -2.88. The van der Waals surface area contributed by atoms with E-state index in [4.69, 9.17) is 5.10 Å². The first kappa shape index (κ1) is 27.4. The third-order valence-corrected chi connectivity index (χ3v) is 5.65. The summed E-state index contributed by atoms with van der Waals surface area (Å²) < 4.78 is 2.06. The second kappa shape index (κ2) is 13.1. The standard InChI is InChI=1S/C26H34N6O.HI/c1-19-24(20(2)32(30-19)18-22-10-7-6-8-11-22)17-29-26(27-3)28-15-14-21-12-9-13-23(16-21)25(33)31(4)5;/h6-13,16H,14-15,17-18H2,1-5H3,(H2,27,28,29);1H. The number of aromatic nitrogens is 2. The van der Waals surface area contributed by atoms with Crippen LogP contribution in [0, 0.1) is 13.8 Å². The van der Waals surface area contributed by atoms with Crippen LogP contribution in [0.15, 0.2) is 59.6 Å². The molecule has 182 valence electrons. The van der Waals surface area contributed by atoms with Crippen LogP contribution in [-0.2, 0) is 19.5 Å². The largest absolute Gasteiger partial charge is 0.356 e. The fourth-order valence-corrected chi connectivity index (χ4v) is 3.74. The second-order valence-electron chi connectivity index (χ2n) is 8.30. The molecular formula is C26H35IN6O. The molecule has 1 amide bonds. The van der Waals surface area contributed by atoms with E-state index in [-0.39, 0.29) is 29.9 Å². The molecule has 1 heterocycles. The molecule has 0 atom stereocenters. The van der Waals surface area contributed by atoms with E-state index in [2.05, 4.69) is 51.5 Å². The third kappa shape index (κ3) is 7.31. The van der Waals surface area contributed by atoms with E-state index in [0.717, 1.165) is 35.9 Å². The van der Waals surface area contributed by atoms with E-state index in [1.807, 2.05) is 37.3 Å². The van der Waals surface area contributed by atoms with Crippen molar-refractivity contribution in [1.29, 1.82) is 0 Å². The Labute approximate surface area is 219 Å². The highest BCUT2D eigenvalue weighted by molar-refractivity contribution is 14.0. The summed E-state index contributed by atoms with van der Waals surface area (Å²) in [6.07, 6.45) is 0.794. The predicted octanol–water partition coefficient (Wildman–Crippen LogP) is 3.78. The number of guanidine groups is 1. The first-order valence-corrected chi connectivity index (χ1v) is 11.2. The first-order chi connectivity index (χ1) is 15.9. The van der Waals surface area contributed by atoms with Gasteiger partial charge in [0.25, 0.3) is 5.91 Å². The zero-order valence-electron chi connectivity index (χ0n) is 20.6. The molecule has 7 nitrogen and oxygen atoms in total. The van der Waals surface area contributed by atoms with Crippen molar-refractivity contribution in [3.63, 3.8) is 0 Å². The smallest absolute Gasteiger partial charge is 0.253 e. The van der Waals surface area contributed by atoms with E-state index < -0.39 is 0 Å². The maximum Gasteiger partial charge on any atom is 0.253 e. The highest BCUT2D eigenvalue weighted by Gasteiger charge is 2.12. The Balaban J connectivity index is 0.00000408. The van der Waals surface area contributed by atoms with Crippen molar-refractivity contribution < 1.29 is 4.79 Å². The average molecular weight is 575 g/mol. The average Bonchev–Trinajstić information content (AvgIpc) is 3.08. The fraction of sp³-hybridized carbons (Fsp3) is 0.346. The van der Waals surface area contributed by atoms with Crippen LogP contribution in [0.3, 0.4) is 0 Å². The van der Waals surface area contributed by atoms with Gasteiger partial charge in [0.15, 0.2) is 5.96 Å². The van der Waals surface area contributed by atoms with Crippen LogP contribution in [0.4, 0.5) is 0 Å². The van der Waals surface area contributed by atoms with E-state index in [1.54, 1.807) is 26.0 Å². The number of nitrogens with one attached hydrogen (secondary N) is 2. The lowest BCUT2D eigenvalue weighted by Gasteiger charge is -2.13. The Morgan fingerprint density at radius 2 is 1.74 bits per heavy atom. The molecule has 0 bridgehead atoms. The summed E-state index contributed by atoms with van der Waals surface area (Å²) >= 11 is 0. The van der Waals surface area contributed by atoms with Crippen LogP contribution in [0.1, 0.15) is 38.4 Å². The van der Waals surface area contributed by atoms with Gasteiger partial charge in [-0.05, 0) is 43.5 Å². The molecule has 3 aromatic rings. The van der Waals surface area contributed by atoms with Gasteiger partial charge in [-0.15, -0.1) is 24.0 Å². The highest BCUT2D eigenvalue weighted by atomic mass is 127. The lowest BCUT2D eigenvalue weighted by atomic mass is 10.1. The lowest BCUT2D eigenvalue weighted by Crippen LogP contribution is -2.38. The molecule has 34 heavy (non-hydrogen) atoms. The van der Waals surface area contributed by atoms with Crippen molar-refractivity contribution in [3.8, 4) is 0 Å². The Bertz CT molecular complexity index is 1110. The molecule has 0 radical (unpaired) electrons. The summed E-state index contributed by atoms with van der Waals surface area (Å²) in [6, 6.07) is 18.1. The van der Waals surface area contributed by atoms with E-state index >= 15 is 0 Å². The molecule has 2 aromatic carbocycles. The number of aliphatic imine (C=N–C) groups is 1. The number of amides is 1. The van der Waals surface area contributed by atoms with Gasteiger partial charge in [-0.25, -0.2) is 0 Å². The highest BCUT2D eigenvalue weighted by Crippen LogP contribution is 2.15. The first-order valence-electron chi connectivity index (χ1n) is 11.2. The van der Waals surface area contributed by atoms with Crippen molar-refractivity contribution in [2.75, 3.05) is 27.7 Å². The number of halogens is 1. The van der Waals surface area contributed by atoms with Gasteiger partial charge in [-0.3, -0.25) is 14.5 Å². The Morgan fingerprint density at radius 3 is 2.41 bits per heavy atom. The lowest BCUT2D eigenvalue weighted by molar-refractivity contribution is 0.0827. The SMILES string of the molecule is CN=C(NCCc1cccc(C(=O)N(C)C)c1)NCc1c(C)nn(Cc2ccccc2)c1C.I. The van der Waals surface area contributed by atoms with Crippen LogP contribution >= 0.6 is 24.0 Å². The van der Waals surface area contributed by atoms with Gasteiger partial charge in [0.2, 0.25) is 0 Å². The normalized spacial score (nSPS) is 11.0. The molecule has 0 saturated heterocycles.